The van der Waals surface area contributed by atoms with E-state index < -0.39 is 0 Å². The first-order valence-corrected chi connectivity index (χ1v) is 4.90. The maximum Gasteiger partial charge on any atom is 0.258 e. The molecule has 1 amide bonds. The van der Waals surface area contributed by atoms with Gasteiger partial charge in [-0.05, 0) is 25.5 Å². The molecule has 2 N–H and O–H groups in total. The summed E-state index contributed by atoms with van der Waals surface area (Å²) < 4.78 is 0. The summed E-state index contributed by atoms with van der Waals surface area (Å²) in [5, 5.41) is 9.37. The molecule has 2 rings (SSSR count). The third-order valence-electron chi connectivity index (χ3n) is 2.08. The number of anilines is 1. The first-order valence-electron chi connectivity index (χ1n) is 4.90. The van der Waals surface area contributed by atoms with E-state index in [4.69, 9.17) is 0 Å². The minimum atomic E-state index is -0.206. The normalized spacial score (nSPS) is 10.1. The van der Waals surface area contributed by atoms with Gasteiger partial charge in [0.15, 0.2) is 5.82 Å². The highest BCUT2D eigenvalue weighted by molar-refractivity contribution is 6.03. The Balaban J connectivity index is 2.14. The van der Waals surface area contributed by atoms with Crippen molar-refractivity contribution in [1.29, 1.82) is 0 Å². The van der Waals surface area contributed by atoms with Crippen molar-refractivity contribution >= 4 is 11.7 Å². The maximum absolute atomic E-state index is 11.8. The minimum Gasteiger partial charge on any atom is -0.305 e. The number of pyridine rings is 1. The van der Waals surface area contributed by atoms with Crippen LogP contribution in [0.15, 0.2) is 24.5 Å². The zero-order chi connectivity index (χ0) is 11.5. The highest BCUT2D eigenvalue weighted by atomic mass is 16.1. The average Bonchev–Trinajstić information content (AvgIpc) is 2.64. The van der Waals surface area contributed by atoms with Gasteiger partial charge in [-0.15, -0.1) is 0 Å². The fraction of sp³-hybridized carbons (Fsp3) is 0.182. The van der Waals surface area contributed by atoms with Crippen molar-refractivity contribution in [2.45, 2.75) is 13.8 Å². The van der Waals surface area contributed by atoms with Crippen molar-refractivity contribution in [2.24, 2.45) is 0 Å². The summed E-state index contributed by atoms with van der Waals surface area (Å²) in [6.07, 6.45) is 3.23. The Kier molecular flexibility index (Phi) is 2.68. The molecule has 2 aromatic rings. The number of rotatable bonds is 2. The lowest BCUT2D eigenvalue weighted by Crippen LogP contribution is -2.12. The third-order valence-corrected chi connectivity index (χ3v) is 2.08. The summed E-state index contributed by atoms with van der Waals surface area (Å²) in [7, 11) is 0. The van der Waals surface area contributed by atoms with E-state index in [0.29, 0.717) is 11.4 Å². The smallest absolute Gasteiger partial charge is 0.258 e. The fourth-order valence-electron chi connectivity index (χ4n) is 1.35. The number of aryl methyl sites for hydroxylation is 2. The van der Waals surface area contributed by atoms with Gasteiger partial charge in [0.05, 0.1) is 5.56 Å². The number of hydrogen-bond donors (Lipinski definition) is 2. The Morgan fingerprint density at radius 2 is 2.12 bits per heavy atom. The number of carbonyl (C=O) groups is 1. The predicted octanol–water partition coefficient (Wildman–Crippen LogP) is 1.67. The van der Waals surface area contributed by atoms with Crippen molar-refractivity contribution in [3.63, 3.8) is 0 Å². The summed E-state index contributed by atoms with van der Waals surface area (Å²) in [6, 6.07) is 3.54. The molecule has 16 heavy (non-hydrogen) atoms. The van der Waals surface area contributed by atoms with Crippen LogP contribution < -0.4 is 5.32 Å². The molecule has 0 aliphatic carbocycles. The van der Waals surface area contributed by atoms with Gasteiger partial charge in [-0.2, -0.15) is 5.10 Å². The van der Waals surface area contributed by atoms with Gasteiger partial charge < -0.3 is 5.32 Å². The van der Waals surface area contributed by atoms with E-state index in [0.717, 1.165) is 11.3 Å². The van der Waals surface area contributed by atoms with Crippen LogP contribution in [0.1, 0.15) is 21.6 Å². The second kappa shape index (κ2) is 4.14. The van der Waals surface area contributed by atoms with E-state index in [2.05, 4.69) is 20.5 Å². The lowest BCUT2D eigenvalue weighted by atomic mass is 10.2. The van der Waals surface area contributed by atoms with Gasteiger partial charge in [-0.25, -0.2) is 0 Å². The van der Waals surface area contributed by atoms with Crippen molar-refractivity contribution in [3.05, 3.63) is 41.3 Å². The molecule has 0 aliphatic rings. The number of H-pyrrole nitrogens is 1. The van der Waals surface area contributed by atoms with Crippen LogP contribution in [0.4, 0.5) is 5.82 Å². The van der Waals surface area contributed by atoms with Crippen molar-refractivity contribution < 1.29 is 4.79 Å². The Bertz CT molecular complexity index is 518. The zero-order valence-corrected chi connectivity index (χ0v) is 9.11. The molecule has 0 saturated heterocycles. The molecule has 0 radical (unpaired) electrons. The third kappa shape index (κ3) is 2.25. The summed E-state index contributed by atoms with van der Waals surface area (Å²) in [5.41, 5.74) is 2.38. The van der Waals surface area contributed by atoms with Crippen LogP contribution in [-0.2, 0) is 0 Å². The van der Waals surface area contributed by atoms with Crippen LogP contribution in [0.5, 0.6) is 0 Å². The Hall–Kier alpha value is -2.17. The lowest BCUT2D eigenvalue weighted by molar-refractivity contribution is 0.102. The van der Waals surface area contributed by atoms with E-state index >= 15 is 0 Å². The van der Waals surface area contributed by atoms with Gasteiger partial charge >= 0.3 is 0 Å². The van der Waals surface area contributed by atoms with Gasteiger partial charge in [0.2, 0.25) is 0 Å². The number of hydrogen-bond acceptors (Lipinski definition) is 3. The summed E-state index contributed by atoms with van der Waals surface area (Å²) in [5.74, 6) is 0.312. The molecule has 0 unspecified atom stereocenters. The van der Waals surface area contributed by atoms with Gasteiger partial charge in [-0.1, -0.05) is 0 Å². The predicted molar refractivity (Wildman–Crippen MR) is 60.3 cm³/mol. The van der Waals surface area contributed by atoms with Gasteiger partial charge in [0.25, 0.3) is 5.91 Å². The molecule has 0 spiro atoms. The van der Waals surface area contributed by atoms with Crippen LogP contribution in [0.2, 0.25) is 0 Å². The molecule has 0 fully saturated rings. The van der Waals surface area contributed by atoms with E-state index in [1.54, 1.807) is 18.3 Å². The molecule has 5 nitrogen and oxygen atoms in total. The number of nitrogens with one attached hydrogen (secondary N) is 2. The topological polar surface area (TPSA) is 70.7 Å². The van der Waals surface area contributed by atoms with Gasteiger partial charge in [-0.3, -0.25) is 14.9 Å². The largest absolute Gasteiger partial charge is 0.305 e. The van der Waals surface area contributed by atoms with Crippen molar-refractivity contribution in [2.75, 3.05) is 5.32 Å². The number of aromatic amines is 1. The molecule has 0 aromatic carbocycles. The van der Waals surface area contributed by atoms with Crippen LogP contribution in [0, 0.1) is 13.8 Å². The molecule has 0 aliphatic heterocycles. The number of amides is 1. The first-order chi connectivity index (χ1) is 7.65. The monoisotopic (exact) mass is 216 g/mol. The fourth-order valence-corrected chi connectivity index (χ4v) is 1.35. The highest BCUT2D eigenvalue weighted by Gasteiger charge is 2.07. The minimum absolute atomic E-state index is 0.206. The average molecular weight is 216 g/mol. The van der Waals surface area contributed by atoms with Gasteiger partial charge in [0, 0.05) is 24.2 Å². The number of aromatic nitrogens is 3. The molecular weight excluding hydrogens is 204 g/mol. The molecule has 0 atom stereocenters. The van der Waals surface area contributed by atoms with Crippen LogP contribution in [-0.4, -0.2) is 21.1 Å². The quantitative estimate of drug-likeness (QED) is 0.802. The van der Waals surface area contributed by atoms with E-state index in [-0.39, 0.29) is 5.91 Å². The van der Waals surface area contributed by atoms with Crippen molar-refractivity contribution in [3.8, 4) is 0 Å². The zero-order valence-electron chi connectivity index (χ0n) is 9.11. The molecular formula is C11H12N4O. The van der Waals surface area contributed by atoms with Crippen molar-refractivity contribution in [1.82, 2.24) is 15.2 Å². The van der Waals surface area contributed by atoms with Crippen LogP contribution in [0.25, 0.3) is 0 Å². The first kappa shape index (κ1) is 10.4. The van der Waals surface area contributed by atoms with E-state index in [9.17, 15) is 4.79 Å². The number of carbonyl (C=O) groups excluding carboxylic acids is 1. The van der Waals surface area contributed by atoms with E-state index in [1.807, 2.05) is 13.8 Å². The molecule has 2 aromatic heterocycles. The summed E-state index contributed by atoms with van der Waals surface area (Å²) in [4.78, 5) is 15.7. The van der Waals surface area contributed by atoms with Crippen LogP contribution >= 0.6 is 0 Å². The molecule has 5 heteroatoms. The summed E-state index contributed by atoms with van der Waals surface area (Å²) in [6.45, 7) is 3.76. The second-order valence-corrected chi connectivity index (χ2v) is 3.64. The standard InChI is InChI=1S/C11H12N4O/c1-7-3-9(6-12-5-7)11(16)13-10-4-8(2)14-15-10/h3-6H,1-2H3,(H2,13,14,15,16). The lowest BCUT2D eigenvalue weighted by Gasteiger charge is -2.01. The molecule has 0 bridgehead atoms. The second-order valence-electron chi connectivity index (χ2n) is 3.64. The number of nitrogens with zero attached hydrogens (tertiary/aromatic N) is 2. The summed E-state index contributed by atoms with van der Waals surface area (Å²) >= 11 is 0. The Morgan fingerprint density at radius 3 is 2.75 bits per heavy atom. The van der Waals surface area contributed by atoms with Crippen LogP contribution in [0.3, 0.4) is 0 Å². The SMILES string of the molecule is Cc1cncc(C(=O)Nc2cc(C)[nH]n2)c1. The molecule has 82 valence electrons. The Morgan fingerprint density at radius 1 is 1.31 bits per heavy atom. The molecule has 2 heterocycles. The molecule has 0 saturated carbocycles. The van der Waals surface area contributed by atoms with E-state index in [1.165, 1.54) is 6.20 Å². The highest BCUT2D eigenvalue weighted by Crippen LogP contribution is 2.07. The van der Waals surface area contributed by atoms with Gasteiger partial charge in [0.1, 0.15) is 0 Å². The Labute approximate surface area is 92.9 Å². The maximum atomic E-state index is 11.8.